The van der Waals surface area contributed by atoms with Gasteiger partial charge in [0.2, 0.25) is 11.8 Å². The van der Waals surface area contributed by atoms with Crippen LogP contribution in [0.3, 0.4) is 0 Å². The second kappa shape index (κ2) is 10.9. The van der Waals surface area contributed by atoms with Gasteiger partial charge in [0.15, 0.2) is 0 Å². The lowest BCUT2D eigenvalue weighted by Gasteiger charge is -2.35. The van der Waals surface area contributed by atoms with E-state index in [9.17, 15) is 9.59 Å². The van der Waals surface area contributed by atoms with Crippen LogP contribution in [-0.2, 0) is 9.59 Å². The monoisotopic (exact) mass is 399 g/mol. The summed E-state index contributed by atoms with van der Waals surface area (Å²) in [7, 11) is 0. The Balaban J connectivity index is 1.94. The van der Waals surface area contributed by atoms with Gasteiger partial charge in [0.1, 0.15) is 0 Å². The van der Waals surface area contributed by atoms with E-state index >= 15 is 0 Å². The Hall–Kier alpha value is -2.43. The van der Waals surface area contributed by atoms with E-state index < -0.39 is 0 Å². The number of carbonyl (C=O) groups excluding carboxylic acids is 2. The number of benzene rings is 1. The molecule has 0 saturated carbocycles. The lowest BCUT2D eigenvalue weighted by atomic mass is 10.1. The predicted octanol–water partition coefficient (Wildman–Crippen LogP) is 1.69. The van der Waals surface area contributed by atoms with Crippen LogP contribution in [0.4, 0.5) is 5.69 Å². The number of nitriles is 1. The lowest BCUT2D eigenvalue weighted by Crippen LogP contribution is -2.52. The molecule has 1 aliphatic heterocycles. The molecule has 0 aromatic heterocycles. The van der Waals surface area contributed by atoms with Crippen molar-refractivity contribution in [3.63, 3.8) is 0 Å². The molecule has 158 valence electrons. The number of anilines is 1. The van der Waals surface area contributed by atoms with Crippen LogP contribution >= 0.6 is 0 Å². The van der Waals surface area contributed by atoms with Gasteiger partial charge in [0, 0.05) is 44.5 Å². The third-order valence-corrected chi connectivity index (χ3v) is 5.26. The highest BCUT2D eigenvalue weighted by Crippen LogP contribution is 2.23. The van der Waals surface area contributed by atoms with Crippen molar-refractivity contribution >= 4 is 17.5 Å². The largest absolute Gasteiger partial charge is 0.353 e. The molecule has 0 unspecified atom stereocenters. The zero-order valence-electron chi connectivity index (χ0n) is 18.1. The Bertz CT molecular complexity index is 748. The van der Waals surface area contributed by atoms with E-state index in [1.165, 1.54) is 0 Å². The van der Waals surface area contributed by atoms with Crippen molar-refractivity contribution in [2.75, 3.05) is 50.7 Å². The molecule has 1 heterocycles. The molecule has 1 aromatic carbocycles. The normalized spacial score (nSPS) is 15.2. The smallest absolute Gasteiger partial charge is 0.241 e. The second-order valence-corrected chi connectivity index (χ2v) is 7.95. The second-order valence-electron chi connectivity index (χ2n) is 7.95. The van der Waals surface area contributed by atoms with Crippen LogP contribution < -0.4 is 10.2 Å². The van der Waals surface area contributed by atoms with Crippen molar-refractivity contribution in [1.82, 2.24) is 15.1 Å². The summed E-state index contributed by atoms with van der Waals surface area (Å²) < 4.78 is 0. The summed E-state index contributed by atoms with van der Waals surface area (Å²) in [6, 6.07) is 8.22. The van der Waals surface area contributed by atoms with Crippen molar-refractivity contribution in [2.24, 2.45) is 0 Å². The zero-order chi connectivity index (χ0) is 21.4. The topological polar surface area (TPSA) is 79.7 Å². The van der Waals surface area contributed by atoms with Crippen molar-refractivity contribution in [3.8, 4) is 6.07 Å². The highest BCUT2D eigenvalue weighted by Gasteiger charge is 2.24. The molecule has 29 heavy (non-hydrogen) atoms. The minimum atomic E-state index is 0.0138. The Morgan fingerprint density at radius 3 is 2.34 bits per heavy atom. The summed E-state index contributed by atoms with van der Waals surface area (Å²) in [6.07, 6.45) is 0.303. The maximum Gasteiger partial charge on any atom is 0.241 e. The highest BCUT2D eigenvalue weighted by molar-refractivity contribution is 5.95. The van der Waals surface area contributed by atoms with Crippen LogP contribution in [0.15, 0.2) is 18.2 Å². The maximum atomic E-state index is 13.1. The predicted molar refractivity (Wildman–Crippen MR) is 115 cm³/mol. The number of nitrogens with zero attached hydrogens (tertiary/aromatic N) is 4. The highest BCUT2D eigenvalue weighted by atomic mass is 16.2. The minimum absolute atomic E-state index is 0.0138. The molecule has 0 bridgehead atoms. The molecular weight excluding hydrogens is 366 g/mol. The fourth-order valence-electron chi connectivity index (χ4n) is 3.52. The Morgan fingerprint density at radius 2 is 1.76 bits per heavy atom. The Labute approximate surface area is 174 Å². The fraction of sp³-hybridized carbons (Fsp3) is 0.591. The van der Waals surface area contributed by atoms with E-state index in [1.807, 2.05) is 45.9 Å². The van der Waals surface area contributed by atoms with Crippen LogP contribution in [0.1, 0.15) is 31.4 Å². The summed E-state index contributed by atoms with van der Waals surface area (Å²) in [5, 5.41) is 11.9. The first-order valence-electron chi connectivity index (χ1n) is 10.3. The number of aryl methyl sites for hydroxylation is 1. The first-order chi connectivity index (χ1) is 13.8. The molecule has 0 radical (unpaired) electrons. The molecule has 0 atom stereocenters. The lowest BCUT2D eigenvalue weighted by molar-refractivity contribution is -0.124. The molecular formula is C22H33N5O2. The van der Waals surface area contributed by atoms with Crippen LogP contribution in [0.25, 0.3) is 0 Å². The van der Waals surface area contributed by atoms with Crippen molar-refractivity contribution < 1.29 is 9.59 Å². The van der Waals surface area contributed by atoms with Gasteiger partial charge in [-0.15, -0.1) is 0 Å². The number of rotatable bonds is 8. The first kappa shape index (κ1) is 22.9. The molecule has 0 spiro atoms. The van der Waals surface area contributed by atoms with E-state index in [-0.39, 0.29) is 17.9 Å². The quantitative estimate of drug-likeness (QED) is 0.720. The molecule has 1 N–H and O–H groups in total. The molecule has 7 heteroatoms. The van der Waals surface area contributed by atoms with Gasteiger partial charge in [0.25, 0.3) is 0 Å². The minimum Gasteiger partial charge on any atom is -0.353 e. The maximum absolute atomic E-state index is 13.1. The summed E-state index contributed by atoms with van der Waals surface area (Å²) >= 11 is 0. The Kier molecular flexibility index (Phi) is 8.62. The van der Waals surface area contributed by atoms with Gasteiger partial charge in [-0.3, -0.25) is 19.4 Å². The zero-order valence-corrected chi connectivity index (χ0v) is 18.1. The fourth-order valence-corrected chi connectivity index (χ4v) is 3.52. The third-order valence-electron chi connectivity index (χ3n) is 5.26. The van der Waals surface area contributed by atoms with Crippen LogP contribution in [-0.4, -0.2) is 73.5 Å². The Morgan fingerprint density at radius 1 is 1.14 bits per heavy atom. The van der Waals surface area contributed by atoms with Gasteiger partial charge in [-0.25, -0.2) is 0 Å². The van der Waals surface area contributed by atoms with Gasteiger partial charge < -0.3 is 10.2 Å². The van der Waals surface area contributed by atoms with E-state index in [2.05, 4.69) is 21.2 Å². The van der Waals surface area contributed by atoms with E-state index in [1.54, 1.807) is 4.90 Å². The molecule has 2 amide bonds. The molecule has 1 aromatic rings. The summed E-state index contributed by atoms with van der Waals surface area (Å²) in [5.41, 5.74) is 3.08. The van der Waals surface area contributed by atoms with Crippen molar-refractivity contribution in [2.45, 2.75) is 40.2 Å². The molecule has 7 nitrogen and oxygen atoms in total. The summed E-state index contributed by atoms with van der Waals surface area (Å²) in [6.45, 7) is 12.1. The van der Waals surface area contributed by atoms with Crippen LogP contribution in [0, 0.1) is 25.2 Å². The van der Waals surface area contributed by atoms with Gasteiger partial charge >= 0.3 is 0 Å². The van der Waals surface area contributed by atoms with Crippen molar-refractivity contribution in [1.29, 1.82) is 5.26 Å². The average Bonchev–Trinajstić information content (AvgIpc) is 2.66. The molecule has 1 aliphatic rings. The standard InChI is InChI=1S/C22H33N5O2/c1-17(2)24-21(28)15-25-11-13-26(14-12-25)16-22(29)27(10-6-9-23)20-8-5-7-18(3)19(20)4/h5,7-8,17H,6,10-16H2,1-4H3,(H,24,28). The van der Waals surface area contributed by atoms with Gasteiger partial charge in [-0.05, 0) is 44.9 Å². The summed E-state index contributed by atoms with van der Waals surface area (Å²) in [4.78, 5) is 31.0. The average molecular weight is 400 g/mol. The molecule has 2 rings (SSSR count). The first-order valence-corrected chi connectivity index (χ1v) is 10.3. The molecule has 1 saturated heterocycles. The van der Waals surface area contributed by atoms with Gasteiger partial charge in [-0.1, -0.05) is 12.1 Å². The summed E-state index contributed by atoms with van der Waals surface area (Å²) in [5.74, 6) is 0.0575. The number of hydrogen-bond donors (Lipinski definition) is 1. The number of carbonyl (C=O) groups is 2. The van der Waals surface area contributed by atoms with E-state index in [0.717, 1.165) is 43.0 Å². The third kappa shape index (κ3) is 6.84. The molecule has 1 fully saturated rings. The number of amides is 2. The number of piperazine rings is 1. The van der Waals surface area contributed by atoms with Crippen LogP contribution in [0.2, 0.25) is 0 Å². The number of nitrogens with one attached hydrogen (secondary N) is 1. The van der Waals surface area contributed by atoms with Gasteiger partial charge in [0.05, 0.1) is 25.6 Å². The number of hydrogen-bond acceptors (Lipinski definition) is 5. The van der Waals surface area contributed by atoms with Gasteiger partial charge in [-0.2, -0.15) is 5.26 Å². The van der Waals surface area contributed by atoms with E-state index in [4.69, 9.17) is 5.26 Å². The van der Waals surface area contributed by atoms with Crippen molar-refractivity contribution in [3.05, 3.63) is 29.3 Å². The SMILES string of the molecule is Cc1cccc(N(CCC#N)C(=O)CN2CCN(CC(=O)NC(C)C)CC2)c1C. The van der Waals surface area contributed by atoms with Crippen LogP contribution in [0.5, 0.6) is 0 Å². The van der Waals surface area contributed by atoms with E-state index in [0.29, 0.717) is 26.1 Å². The molecule has 0 aliphatic carbocycles.